The highest BCUT2D eigenvalue weighted by molar-refractivity contribution is 6.74. The molecule has 0 amide bonds. The third-order valence-electron chi connectivity index (χ3n) is 7.03. The molecule has 9 nitrogen and oxygen atoms in total. The van der Waals surface area contributed by atoms with E-state index in [1.54, 1.807) is 16.6 Å². The average Bonchev–Trinajstić information content (AvgIpc) is 2.98. The lowest BCUT2D eigenvalue weighted by molar-refractivity contribution is -0.279. The molecule has 3 N–H and O–H groups in total. The van der Waals surface area contributed by atoms with Gasteiger partial charge in [0, 0.05) is 0 Å². The lowest BCUT2D eigenvalue weighted by atomic mass is 10.0. The van der Waals surface area contributed by atoms with Crippen molar-refractivity contribution in [2.45, 2.75) is 88.2 Å². The first-order valence-corrected chi connectivity index (χ1v) is 13.2. The minimum Gasteiger partial charge on any atom is -0.408 e. The highest BCUT2D eigenvalue weighted by Gasteiger charge is 2.88. The first-order valence-electron chi connectivity index (χ1n) is 10.3. The van der Waals surface area contributed by atoms with Crippen LogP contribution in [0.3, 0.4) is 0 Å². The van der Waals surface area contributed by atoms with Crippen molar-refractivity contribution in [3.05, 3.63) is 24.2 Å². The second-order valence-electron chi connectivity index (χ2n) is 10.5. The maximum Gasteiger partial charge on any atom is 0.240 e. The summed E-state index contributed by atoms with van der Waals surface area (Å²) in [6, 6.07) is 3.49. The van der Waals surface area contributed by atoms with E-state index in [2.05, 4.69) is 43.9 Å². The molecular formula is C20H30N4O5Si. The number of aliphatic hydroxyl groups is 1. The molecule has 3 fully saturated rings. The zero-order valence-electron chi connectivity index (χ0n) is 18.5. The fraction of sp³-hybridized carbons (Fsp3) is 0.700. The molecule has 0 bridgehead atoms. The van der Waals surface area contributed by atoms with E-state index in [0.29, 0.717) is 17.0 Å². The topological polar surface area (TPSA) is 113 Å². The number of hydrogen-bond acceptors (Lipinski definition) is 8. The molecule has 1 saturated carbocycles. The van der Waals surface area contributed by atoms with Gasteiger partial charge in [0.1, 0.15) is 29.7 Å². The van der Waals surface area contributed by atoms with Crippen molar-refractivity contribution in [3.63, 3.8) is 0 Å². The number of nitrogen functional groups attached to an aromatic ring is 1. The number of nitrogens with zero attached hydrogens (tertiary/aromatic N) is 3. The minimum absolute atomic E-state index is 0.0352. The van der Waals surface area contributed by atoms with Gasteiger partial charge in [-0.3, -0.25) is 0 Å². The largest absolute Gasteiger partial charge is 0.408 e. The monoisotopic (exact) mass is 434 g/mol. The molecule has 30 heavy (non-hydrogen) atoms. The Hall–Kier alpha value is -1.56. The molecule has 0 aromatic carbocycles. The predicted octanol–water partition coefficient (Wildman–Crippen LogP) is 2.15. The molecule has 3 aliphatic rings. The van der Waals surface area contributed by atoms with Gasteiger partial charge < -0.3 is 29.5 Å². The zero-order valence-corrected chi connectivity index (χ0v) is 19.5. The summed E-state index contributed by atoms with van der Waals surface area (Å²) in [4.78, 5) is 4.01. The number of fused-ring (bicyclic) bond motifs is 1. The van der Waals surface area contributed by atoms with Gasteiger partial charge in [0.15, 0.2) is 31.6 Å². The maximum atomic E-state index is 11.7. The minimum atomic E-state index is -2.09. The fourth-order valence-corrected chi connectivity index (χ4v) is 5.77. The Morgan fingerprint density at radius 2 is 1.93 bits per heavy atom. The molecule has 0 radical (unpaired) electrons. The van der Waals surface area contributed by atoms with Crippen LogP contribution in [0.2, 0.25) is 18.1 Å². The van der Waals surface area contributed by atoms with E-state index in [1.807, 2.05) is 13.8 Å². The number of rotatable bonds is 3. The SMILES string of the molecule is CC1(C)O[C@H]2C(O)(c3ccc4c(N)ncnn34)O[C@@H]3C(O[Si](C)(C)C(C)(C)C)[C@@]32O1. The summed E-state index contributed by atoms with van der Waals surface area (Å²) in [6.45, 7) is 14.6. The van der Waals surface area contributed by atoms with Crippen LogP contribution in [0.15, 0.2) is 18.5 Å². The smallest absolute Gasteiger partial charge is 0.240 e. The van der Waals surface area contributed by atoms with Crippen LogP contribution in [-0.2, 0) is 24.4 Å². The number of hydrogen-bond donors (Lipinski definition) is 2. The quantitative estimate of drug-likeness (QED) is 0.707. The van der Waals surface area contributed by atoms with E-state index in [9.17, 15) is 5.11 Å². The lowest BCUT2D eigenvalue weighted by Gasteiger charge is -2.38. The Morgan fingerprint density at radius 3 is 2.60 bits per heavy atom. The second kappa shape index (κ2) is 5.62. The van der Waals surface area contributed by atoms with Crippen LogP contribution in [0, 0.1) is 0 Å². The van der Waals surface area contributed by atoms with Crippen LogP contribution in [0.25, 0.3) is 5.52 Å². The number of nitrogens with two attached hydrogens (primary N) is 1. The van der Waals surface area contributed by atoms with Gasteiger partial charge in [0.25, 0.3) is 0 Å². The zero-order chi connectivity index (χ0) is 21.9. The van der Waals surface area contributed by atoms with Crippen molar-refractivity contribution in [1.29, 1.82) is 0 Å². The molecule has 2 saturated heterocycles. The lowest BCUT2D eigenvalue weighted by Crippen LogP contribution is -2.50. The number of anilines is 1. The van der Waals surface area contributed by atoms with E-state index in [-0.39, 0.29) is 11.1 Å². The summed E-state index contributed by atoms with van der Waals surface area (Å²) >= 11 is 0. The molecule has 2 aromatic heterocycles. The molecule has 5 rings (SSSR count). The summed E-state index contributed by atoms with van der Waals surface area (Å²) in [7, 11) is -2.09. The Kier molecular flexibility index (Phi) is 3.81. The van der Waals surface area contributed by atoms with Crippen molar-refractivity contribution in [2.24, 2.45) is 0 Å². The first-order chi connectivity index (χ1) is 13.7. The highest BCUT2D eigenvalue weighted by atomic mass is 28.4. The molecule has 5 atom stereocenters. The molecule has 2 unspecified atom stereocenters. The van der Waals surface area contributed by atoms with Gasteiger partial charge in [-0.15, -0.1) is 0 Å². The van der Waals surface area contributed by atoms with Crippen molar-refractivity contribution >= 4 is 19.7 Å². The van der Waals surface area contributed by atoms with Crippen LogP contribution in [0.4, 0.5) is 5.82 Å². The van der Waals surface area contributed by atoms with Crippen LogP contribution >= 0.6 is 0 Å². The van der Waals surface area contributed by atoms with Crippen LogP contribution in [0.5, 0.6) is 0 Å². The van der Waals surface area contributed by atoms with Crippen molar-refractivity contribution in [1.82, 2.24) is 14.6 Å². The Morgan fingerprint density at radius 1 is 1.23 bits per heavy atom. The maximum absolute atomic E-state index is 11.7. The fourth-order valence-electron chi connectivity index (χ4n) is 4.48. The predicted molar refractivity (Wildman–Crippen MR) is 111 cm³/mol. The van der Waals surface area contributed by atoms with Crippen molar-refractivity contribution in [3.8, 4) is 0 Å². The molecular weight excluding hydrogens is 404 g/mol. The molecule has 4 heterocycles. The van der Waals surface area contributed by atoms with Gasteiger partial charge in [0.2, 0.25) is 5.79 Å². The van der Waals surface area contributed by atoms with Gasteiger partial charge in [-0.25, -0.2) is 9.50 Å². The Balaban J connectivity index is 1.54. The Labute approximate surface area is 176 Å². The Bertz CT molecular complexity index is 1030. The summed E-state index contributed by atoms with van der Waals surface area (Å²) in [5, 5.41) is 16.0. The highest BCUT2D eigenvalue weighted by Crippen LogP contribution is 2.67. The molecule has 1 spiro atoms. The van der Waals surface area contributed by atoms with Crippen LogP contribution in [-0.4, -0.2) is 57.7 Å². The van der Waals surface area contributed by atoms with Crippen LogP contribution < -0.4 is 5.73 Å². The van der Waals surface area contributed by atoms with Crippen LogP contribution in [0.1, 0.15) is 40.3 Å². The van der Waals surface area contributed by atoms with E-state index < -0.39 is 37.7 Å². The molecule has 2 aliphatic heterocycles. The van der Waals surface area contributed by atoms with E-state index in [1.165, 1.54) is 6.33 Å². The average molecular weight is 435 g/mol. The van der Waals surface area contributed by atoms with Gasteiger partial charge in [-0.1, -0.05) is 20.8 Å². The molecule has 10 heteroatoms. The number of aromatic nitrogens is 3. The van der Waals surface area contributed by atoms with Gasteiger partial charge in [0.05, 0.1) is 0 Å². The van der Waals surface area contributed by atoms with Gasteiger partial charge in [-0.2, -0.15) is 5.10 Å². The van der Waals surface area contributed by atoms with Crippen molar-refractivity contribution < 1.29 is 23.7 Å². The summed E-state index contributed by atoms with van der Waals surface area (Å²) in [5.41, 5.74) is 6.11. The summed E-state index contributed by atoms with van der Waals surface area (Å²) < 4.78 is 27.0. The third-order valence-corrected chi connectivity index (χ3v) is 11.5. The van der Waals surface area contributed by atoms with Gasteiger partial charge >= 0.3 is 0 Å². The summed E-state index contributed by atoms with van der Waals surface area (Å²) in [6.07, 6.45) is -0.154. The van der Waals surface area contributed by atoms with E-state index in [4.69, 9.17) is 24.4 Å². The summed E-state index contributed by atoms with van der Waals surface area (Å²) in [5.74, 6) is -2.31. The van der Waals surface area contributed by atoms with Gasteiger partial charge in [-0.05, 0) is 44.1 Å². The van der Waals surface area contributed by atoms with E-state index >= 15 is 0 Å². The van der Waals surface area contributed by atoms with Crippen molar-refractivity contribution in [2.75, 3.05) is 5.73 Å². The molecule has 1 aliphatic carbocycles. The molecule has 2 aromatic rings. The standard InChI is InChI=1S/C20H30N4O5Si/c1-17(2,3)30(6,7)28-14-13-19(14)16(27-18(4,5)29-19)20(25,26-13)12-9-8-11-15(21)22-10-23-24(11)12/h8-10,13-14,16,25H,1-7H3,(H2,21,22,23)/t13-,14?,16-,19+,20?/m1/s1. The van der Waals surface area contributed by atoms with E-state index in [0.717, 1.165) is 0 Å². The normalized spacial score (nSPS) is 37.4. The first kappa shape index (κ1) is 20.3. The second-order valence-corrected chi connectivity index (χ2v) is 15.3. The third kappa shape index (κ3) is 2.46. The molecule has 164 valence electrons. The number of ether oxygens (including phenoxy) is 3.